The predicted octanol–water partition coefficient (Wildman–Crippen LogP) is 3.30. The monoisotopic (exact) mass is 431 g/mol. The molecule has 1 aromatic carbocycles. The topological polar surface area (TPSA) is 81.0 Å². The number of benzene rings is 1. The maximum atomic E-state index is 13.0. The van der Waals surface area contributed by atoms with Crippen LogP contribution >= 0.6 is 11.3 Å². The van der Waals surface area contributed by atoms with Crippen molar-refractivity contribution in [3.8, 4) is 0 Å². The Morgan fingerprint density at radius 2 is 1.90 bits per heavy atom. The number of aromatic nitrogens is 4. The second-order valence-corrected chi connectivity index (χ2v) is 10.7. The molecule has 3 heterocycles. The largest absolute Gasteiger partial charge is 0.289 e. The fraction of sp³-hybridized carbons (Fsp3) is 0.450. The number of thiophene rings is 1. The first-order valence-electron chi connectivity index (χ1n) is 9.77. The molecule has 2 aromatic heterocycles. The van der Waals surface area contributed by atoms with Gasteiger partial charge in [0.1, 0.15) is 6.04 Å². The Morgan fingerprint density at radius 3 is 2.55 bits per heavy atom. The number of tetrazole rings is 1. The van der Waals surface area contributed by atoms with Crippen LogP contribution in [0.1, 0.15) is 42.1 Å². The van der Waals surface area contributed by atoms with E-state index in [1.54, 1.807) is 35.6 Å². The van der Waals surface area contributed by atoms with Gasteiger partial charge in [0.05, 0.1) is 4.90 Å². The Balaban J connectivity index is 1.66. The highest BCUT2D eigenvalue weighted by Crippen LogP contribution is 2.33. The number of rotatable bonds is 6. The SMILES string of the molecule is Cc1ccc(S(=O)(=O)Cn2nnnc2C(c2cccs2)N2CCC(C)CC2)cc1. The number of hydrogen-bond acceptors (Lipinski definition) is 7. The zero-order valence-corrected chi connectivity index (χ0v) is 18.2. The summed E-state index contributed by atoms with van der Waals surface area (Å²) in [6.07, 6.45) is 2.23. The number of hydrogen-bond donors (Lipinski definition) is 0. The van der Waals surface area contributed by atoms with E-state index in [-0.39, 0.29) is 16.8 Å². The van der Waals surface area contributed by atoms with E-state index in [0.717, 1.165) is 36.4 Å². The first-order chi connectivity index (χ1) is 13.9. The van der Waals surface area contributed by atoms with Gasteiger partial charge in [-0.15, -0.1) is 16.4 Å². The Kier molecular flexibility index (Phi) is 5.80. The van der Waals surface area contributed by atoms with Crippen LogP contribution in [-0.4, -0.2) is 46.6 Å². The molecule has 1 saturated heterocycles. The third-order valence-corrected chi connectivity index (χ3v) is 7.97. The molecule has 1 atom stereocenters. The van der Waals surface area contributed by atoms with E-state index in [4.69, 9.17) is 0 Å². The van der Waals surface area contributed by atoms with Crippen LogP contribution < -0.4 is 0 Å². The Labute approximate surface area is 175 Å². The summed E-state index contributed by atoms with van der Waals surface area (Å²) in [5.74, 6) is 1.01. The van der Waals surface area contributed by atoms with Crippen molar-refractivity contribution < 1.29 is 8.42 Å². The molecule has 0 bridgehead atoms. The summed E-state index contributed by atoms with van der Waals surface area (Å²) in [6.45, 7) is 6.10. The van der Waals surface area contributed by atoms with E-state index in [1.165, 1.54) is 4.68 Å². The van der Waals surface area contributed by atoms with Crippen LogP contribution in [0.5, 0.6) is 0 Å². The Morgan fingerprint density at radius 1 is 1.17 bits per heavy atom. The van der Waals surface area contributed by atoms with Gasteiger partial charge in [-0.05, 0) is 72.8 Å². The molecule has 1 fully saturated rings. The van der Waals surface area contributed by atoms with Gasteiger partial charge in [-0.3, -0.25) is 4.90 Å². The van der Waals surface area contributed by atoms with Crippen molar-refractivity contribution in [1.82, 2.24) is 25.1 Å². The summed E-state index contributed by atoms with van der Waals surface area (Å²) in [4.78, 5) is 3.78. The summed E-state index contributed by atoms with van der Waals surface area (Å²) in [5, 5.41) is 14.2. The average Bonchev–Trinajstić information content (AvgIpc) is 3.37. The lowest BCUT2D eigenvalue weighted by atomic mass is 9.97. The fourth-order valence-corrected chi connectivity index (χ4v) is 5.75. The minimum absolute atomic E-state index is 0.134. The first-order valence-corrected chi connectivity index (χ1v) is 12.3. The maximum absolute atomic E-state index is 13.0. The smallest absolute Gasteiger partial charge is 0.198 e. The molecule has 0 spiro atoms. The molecule has 1 unspecified atom stereocenters. The van der Waals surface area contributed by atoms with Crippen LogP contribution in [-0.2, 0) is 15.7 Å². The second-order valence-electron chi connectivity index (χ2n) is 7.73. The summed E-state index contributed by atoms with van der Waals surface area (Å²) in [5.41, 5.74) is 1.02. The minimum atomic E-state index is -3.56. The number of likely N-dealkylation sites (tertiary alicyclic amines) is 1. The first kappa shape index (κ1) is 20.2. The molecule has 4 rings (SSSR count). The van der Waals surface area contributed by atoms with Gasteiger partial charge in [-0.1, -0.05) is 30.7 Å². The van der Waals surface area contributed by atoms with Crippen LogP contribution in [0.15, 0.2) is 46.7 Å². The van der Waals surface area contributed by atoms with Crippen molar-refractivity contribution >= 4 is 21.2 Å². The van der Waals surface area contributed by atoms with Crippen molar-refractivity contribution in [3.05, 3.63) is 58.0 Å². The van der Waals surface area contributed by atoms with Gasteiger partial charge in [0.2, 0.25) is 0 Å². The summed E-state index contributed by atoms with van der Waals surface area (Å²) < 4.78 is 27.4. The molecule has 0 N–H and O–H groups in total. The highest BCUT2D eigenvalue weighted by atomic mass is 32.2. The summed E-state index contributed by atoms with van der Waals surface area (Å²) >= 11 is 1.65. The lowest BCUT2D eigenvalue weighted by Gasteiger charge is -2.35. The molecule has 29 heavy (non-hydrogen) atoms. The molecule has 0 saturated carbocycles. The van der Waals surface area contributed by atoms with Gasteiger partial charge >= 0.3 is 0 Å². The van der Waals surface area contributed by atoms with E-state index in [0.29, 0.717) is 11.7 Å². The predicted molar refractivity (Wildman–Crippen MR) is 112 cm³/mol. The van der Waals surface area contributed by atoms with E-state index in [1.807, 2.05) is 18.4 Å². The van der Waals surface area contributed by atoms with E-state index >= 15 is 0 Å². The molecule has 9 heteroatoms. The molecule has 1 aliphatic rings. The van der Waals surface area contributed by atoms with Gasteiger partial charge < -0.3 is 0 Å². The van der Waals surface area contributed by atoms with Crippen LogP contribution in [0, 0.1) is 12.8 Å². The Bertz CT molecular complexity index is 1040. The van der Waals surface area contributed by atoms with Crippen molar-refractivity contribution in [2.24, 2.45) is 5.92 Å². The number of aryl methyl sites for hydroxylation is 1. The number of piperidine rings is 1. The number of nitrogens with zero attached hydrogens (tertiary/aromatic N) is 5. The van der Waals surface area contributed by atoms with Crippen molar-refractivity contribution in [3.63, 3.8) is 0 Å². The van der Waals surface area contributed by atoms with E-state index in [9.17, 15) is 8.42 Å². The summed E-state index contributed by atoms with van der Waals surface area (Å²) in [6, 6.07) is 10.8. The molecule has 0 amide bonds. The number of sulfone groups is 1. The molecular formula is C20H25N5O2S2. The van der Waals surface area contributed by atoms with Crippen LogP contribution in [0.3, 0.4) is 0 Å². The Hall–Kier alpha value is -2.10. The third kappa shape index (κ3) is 4.41. The molecule has 0 aliphatic carbocycles. The van der Waals surface area contributed by atoms with Crippen LogP contribution in [0.25, 0.3) is 0 Å². The third-order valence-electron chi connectivity index (χ3n) is 5.47. The molecule has 3 aromatic rings. The van der Waals surface area contributed by atoms with Gasteiger partial charge in [0.25, 0.3) is 0 Å². The van der Waals surface area contributed by atoms with Crippen molar-refractivity contribution in [2.75, 3.05) is 13.1 Å². The van der Waals surface area contributed by atoms with E-state index < -0.39 is 9.84 Å². The average molecular weight is 432 g/mol. The van der Waals surface area contributed by atoms with Gasteiger partial charge in [0, 0.05) is 4.88 Å². The molecule has 7 nitrogen and oxygen atoms in total. The van der Waals surface area contributed by atoms with Gasteiger partial charge in [-0.2, -0.15) is 0 Å². The zero-order valence-electron chi connectivity index (χ0n) is 16.6. The van der Waals surface area contributed by atoms with Crippen molar-refractivity contribution in [2.45, 2.75) is 43.5 Å². The van der Waals surface area contributed by atoms with Crippen molar-refractivity contribution in [1.29, 1.82) is 0 Å². The maximum Gasteiger partial charge on any atom is 0.198 e. The summed E-state index contributed by atoms with van der Waals surface area (Å²) in [7, 11) is -3.56. The lowest BCUT2D eigenvalue weighted by molar-refractivity contribution is 0.152. The normalized spacial score (nSPS) is 17.4. The van der Waals surface area contributed by atoms with Crippen LogP contribution in [0.4, 0.5) is 0 Å². The van der Waals surface area contributed by atoms with Crippen LogP contribution in [0.2, 0.25) is 0 Å². The van der Waals surface area contributed by atoms with Gasteiger partial charge in [-0.25, -0.2) is 13.1 Å². The second kappa shape index (κ2) is 8.33. The fourth-order valence-electron chi connectivity index (χ4n) is 3.68. The molecular weight excluding hydrogens is 406 g/mol. The van der Waals surface area contributed by atoms with E-state index in [2.05, 4.69) is 33.4 Å². The highest BCUT2D eigenvalue weighted by Gasteiger charge is 2.32. The van der Waals surface area contributed by atoms with Gasteiger partial charge in [0.15, 0.2) is 21.5 Å². The quantitative estimate of drug-likeness (QED) is 0.596. The molecule has 0 radical (unpaired) electrons. The molecule has 154 valence electrons. The minimum Gasteiger partial charge on any atom is -0.289 e. The zero-order chi connectivity index (χ0) is 20.4. The standard InChI is InChI=1S/C20H25N5O2S2/c1-15-5-7-17(8-6-15)29(26,27)14-25-20(21-22-23-25)19(18-4-3-13-28-18)24-11-9-16(2)10-12-24/h3-8,13,16,19H,9-12,14H2,1-2H3. The highest BCUT2D eigenvalue weighted by molar-refractivity contribution is 7.90. The molecule has 1 aliphatic heterocycles. The lowest BCUT2D eigenvalue weighted by Crippen LogP contribution is -2.38.